The molecule has 4 N–H and O–H groups in total. The van der Waals surface area contributed by atoms with Crippen LogP contribution in [0.4, 0.5) is 0 Å². The van der Waals surface area contributed by atoms with Gasteiger partial charge in [0.25, 0.3) is 0 Å². The van der Waals surface area contributed by atoms with Gasteiger partial charge in [-0.1, -0.05) is 130 Å². The van der Waals surface area contributed by atoms with E-state index in [9.17, 15) is 28.5 Å². The maximum Gasteiger partial charge on any atom is 0.397 e. The minimum absolute atomic E-state index is 0.000119. The second kappa shape index (κ2) is 37.8. The summed E-state index contributed by atoms with van der Waals surface area (Å²) < 4.78 is 58.9. The molecule has 1 heterocycles. The third-order valence-electron chi connectivity index (χ3n) is 9.20. The largest absolute Gasteiger partial charge is 0.457 e. The zero-order chi connectivity index (χ0) is 43.9. The zero-order valence-corrected chi connectivity index (χ0v) is 37.0. The number of esters is 1. The van der Waals surface area contributed by atoms with Gasteiger partial charge in [0.1, 0.15) is 30.5 Å². The normalized spacial score (nSPS) is 21.2. The molecule has 0 radical (unpaired) electrons. The van der Waals surface area contributed by atoms with Crippen molar-refractivity contribution < 1.29 is 56.2 Å². The van der Waals surface area contributed by atoms with E-state index in [-0.39, 0.29) is 19.6 Å². The lowest BCUT2D eigenvalue weighted by molar-refractivity contribution is -0.301. The monoisotopic (exact) mass is 865 g/mol. The van der Waals surface area contributed by atoms with E-state index in [1.165, 1.54) is 0 Å². The molecule has 0 aliphatic carbocycles. The topological polar surface area (TPSA) is 178 Å². The quantitative estimate of drug-likeness (QED) is 0.0204. The molecule has 0 bridgehead atoms. The van der Waals surface area contributed by atoms with Gasteiger partial charge in [-0.2, -0.15) is 8.42 Å². The zero-order valence-electron chi connectivity index (χ0n) is 36.2. The third-order valence-corrected chi connectivity index (χ3v) is 9.67. The summed E-state index contributed by atoms with van der Waals surface area (Å²) in [4.78, 5) is 12.8. The predicted molar refractivity (Wildman–Crippen MR) is 238 cm³/mol. The van der Waals surface area contributed by atoms with Crippen LogP contribution in [0.5, 0.6) is 0 Å². The van der Waals surface area contributed by atoms with Gasteiger partial charge in [-0.15, -0.1) is 0 Å². The van der Waals surface area contributed by atoms with Gasteiger partial charge in [0, 0.05) is 13.0 Å². The molecule has 0 aromatic rings. The lowest BCUT2D eigenvalue weighted by Crippen LogP contribution is -2.60. The first-order valence-electron chi connectivity index (χ1n) is 22.0. The van der Waals surface area contributed by atoms with Gasteiger partial charge >= 0.3 is 16.4 Å². The summed E-state index contributed by atoms with van der Waals surface area (Å²) in [6.07, 6.45) is 41.6. The summed E-state index contributed by atoms with van der Waals surface area (Å²) in [7, 11) is -5.07. The molecule has 0 saturated carbocycles. The van der Waals surface area contributed by atoms with Gasteiger partial charge in [0.15, 0.2) is 6.29 Å². The Morgan fingerprint density at radius 3 is 1.58 bits per heavy atom. The summed E-state index contributed by atoms with van der Waals surface area (Å²) in [5.74, 6) is -0.444. The molecule has 1 rings (SSSR count). The second-order valence-corrected chi connectivity index (χ2v) is 15.6. The van der Waals surface area contributed by atoms with Crippen molar-refractivity contribution in [3.63, 3.8) is 0 Å². The van der Waals surface area contributed by atoms with Gasteiger partial charge in [-0.25, -0.2) is 4.18 Å². The van der Waals surface area contributed by atoms with E-state index in [2.05, 4.69) is 115 Å². The number of carbonyl (C=O) groups excluding carboxylic acids is 1. The van der Waals surface area contributed by atoms with Crippen LogP contribution in [0, 0.1) is 0 Å². The van der Waals surface area contributed by atoms with Crippen LogP contribution in [0.3, 0.4) is 0 Å². The molecule has 13 heteroatoms. The molecule has 1 aliphatic rings. The van der Waals surface area contributed by atoms with Crippen LogP contribution in [0.2, 0.25) is 0 Å². The molecule has 12 nitrogen and oxygen atoms in total. The van der Waals surface area contributed by atoms with Crippen molar-refractivity contribution >= 4 is 16.4 Å². The van der Waals surface area contributed by atoms with Gasteiger partial charge in [-0.05, 0) is 89.9 Å². The van der Waals surface area contributed by atoms with Crippen LogP contribution >= 0.6 is 0 Å². The highest BCUT2D eigenvalue weighted by molar-refractivity contribution is 7.80. The Bertz CT molecular complexity index is 1410. The SMILES string of the molecule is CC/C=C\C/C=C\C/C=C\C/C=C\C/C=C\CCCCCC(=O)OC(COCCCCCC/C=C\C/C=C\C/C=C\CC)COC1OC(CO)C(O)C(OS(=O)(=O)O)C1O. The summed E-state index contributed by atoms with van der Waals surface area (Å²) in [5, 5.41) is 30.6. The van der Waals surface area contributed by atoms with Crippen LogP contribution < -0.4 is 0 Å². The molecule has 0 amide bonds. The Balaban J connectivity index is 2.50. The summed E-state index contributed by atoms with van der Waals surface area (Å²) in [5.41, 5.74) is 0. The van der Waals surface area contributed by atoms with E-state index in [0.29, 0.717) is 13.0 Å². The minimum Gasteiger partial charge on any atom is -0.457 e. The van der Waals surface area contributed by atoms with Crippen molar-refractivity contribution in [1.29, 1.82) is 0 Å². The lowest BCUT2D eigenvalue weighted by atomic mass is 9.99. The first kappa shape index (κ1) is 55.0. The first-order chi connectivity index (χ1) is 29.1. The fourth-order valence-electron chi connectivity index (χ4n) is 5.95. The molecule has 60 heavy (non-hydrogen) atoms. The van der Waals surface area contributed by atoms with E-state index in [4.69, 9.17) is 23.5 Å². The van der Waals surface area contributed by atoms with Crippen LogP contribution in [-0.4, -0.2) is 97.5 Å². The summed E-state index contributed by atoms with van der Waals surface area (Å²) in [6.45, 7) is 3.63. The van der Waals surface area contributed by atoms with E-state index in [1.54, 1.807) is 0 Å². The molecule has 0 spiro atoms. The third kappa shape index (κ3) is 31.0. The summed E-state index contributed by atoms with van der Waals surface area (Å²) in [6, 6.07) is 0. The maximum absolute atomic E-state index is 12.8. The van der Waals surface area contributed by atoms with Crippen LogP contribution in [0.1, 0.15) is 129 Å². The van der Waals surface area contributed by atoms with E-state index in [1.807, 2.05) is 0 Å². The molecule has 1 saturated heterocycles. The number of carbonyl (C=O) groups is 1. The molecule has 1 aliphatic heterocycles. The number of rotatable bonds is 36. The standard InChI is InChI=1S/C47H76O12S/c1-3-5-7-9-11-13-15-17-19-20-21-22-23-24-26-28-30-32-34-36-43(49)57-41(39-55-37-35-33-31-29-27-25-18-16-14-12-10-8-6-4-2)40-56-47-45(51)46(59-60(52,53)54)44(50)42(38-48)58-47/h5-8,11-14,17-19,21-22,24-26,41-42,44-48,50-51H,3-4,9-10,15-16,20,23,27-40H2,1-2H3,(H,52,53,54)/b7-5-,8-6-,13-11-,14-12-,19-17-,22-21-,25-18-,26-24-. The number of aliphatic hydroxyl groups excluding tert-OH is 3. The van der Waals surface area contributed by atoms with Crippen LogP contribution in [0.15, 0.2) is 97.2 Å². The number of hydrogen-bond acceptors (Lipinski definition) is 11. The Morgan fingerprint density at radius 2 is 1.10 bits per heavy atom. The van der Waals surface area contributed by atoms with Gasteiger partial charge in [0.2, 0.25) is 0 Å². The van der Waals surface area contributed by atoms with E-state index in [0.717, 1.165) is 103 Å². The smallest absolute Gasteiger partial charge is 0.397 e. The van der Waals surface area contributed by atoms with Crippen molar-refractivity contribution in [2.45, 2.75) is 166 Å². The summed E-state index contributed by atoms with van der Waals surface area (Å²) >= 11 is 0. The fourth-order valence-corrected chi connectivity index (χ4v) is 6.45. The number of allylic oxidation sites excluding steroid dienone is 16. The highest BCUT2D eigenvalue weighted by Crippen LogP contribution is 2.26. The molecule has 0 aromatic carbocycles. The Kier molecular flexibility index (Phi) is 34.6. The highest BCUT2D eigenvalue weighted by Gasteiger charge is 2.48. The highest BCUT2D eigenvalue weighted by atomic mass is 32.3. The predicted octanol–water partition coefficient (Wildman–Crippen LogP) is 9.07. The first-order valence-corrected chi connectivity index (χ1v) is 23.4. The Labute approximate surface area is 361 Å². The molecule has 6 atom stereocenters. The number of aliphatic hydroxyl groups is 3. The average molecular weight is 865 g/mol. The second-order valence-electron chi connectivity index (χ2n) is 14.5. The average Bonchev–Trinajstić information content (AvgIpc) is 3.22. The van der Waals surface area contributed by atoms with Crippen molar-refractivity contribution in [2.75, 3.05) is 26.4 Å². The van der Waals surface area contributed by atoms with Crippen molar-refractivity contribution in [1.82, 2.24) is 0 Å². The molecular weight excluding hydrogens is 789 g/mol. The minimum atomic E-state index is -5.07. The van der Waals surface area contributed by atoms with Crippen molar-refractivity contribution in [2.24, 2.45) is 0 Å². The Hall–Kier alpha value is -2.98. The molecule has 0 aromatic heterocycles. The van der Waals surface area contributed by atoms with Crippen LogP contribution in [-0.2, 0) is 38.3 Å². The molecule has 6 unspecified atom stereocenters. The van der Waals surface area contributed by atoms with E-state index < -0.39 is 59.8 Å². The number of ether oxygens (including phenoxy) is 4. The van der Waals surface area contributed by atoms with Crippen molar-refractivity contribution in [3.8, 4) is 0 Å². The fraction of sp³-hybridized carbons (Fsp3) is 0.638. The van der Waals surface area contributed by atoms with Gasteiger partial charge < -0.3 is 34.3 Å². The number of unbranched alkanes of at least 4 members (excludes halogenated alkanes) is 7. The molecular formula is C47H76O12S. The van der Waals surface area contributed by atoms with Crippen LogP contribution in [0.25, 0.3) is 0 Å². The maximum atomic E-state index is 12.8. The van der Waals surface area contributed by atoms with E-state index >= 15 is 0 Å². The number of hydrogen-bond donors (Lipinski definition) is 4. The molecule has 1 fully saturated rings. The molecule has 342 valence electrons. The lowest BCUT2D eigenvalue weighted by Gasteiger charge is -2.41. The van der Waals surface area contributed by atoms with Gasteiger partial charge in [-0.3, -0.25) is 9.35 Å². The van der Waals surface area contributed by atoms with Crippen molar-refractivity contribution in [3.05, 3.63) is 97.2 Å². The Morgan fingerprint density at radius 1 is 0.633 bits per heavy atom. The van der Waals surface area contributed by atoms with Gasteiger partial charge in [0.05, 0.1) is 19.8 Å².